The molecule has 0 spiro atoms. The number of thiazole rings is 1. The molecule has 0 N–H and O–H groups in total. The van der Waals surface area contributed by atoms with E-state index >= 15 is 0 Å². The SMILES string of the molecule is C=CCOc1ccc(C2C(C(=O)OC(C)C)=C(C)N=c3sc(=Cc4cccs4)c(=O)n32)cc1OC. The summed E-state index contributed by atoms with van der Waals surface area (Å²) in [5.74, 6) is 0.509. The molecule has 3 aromatic rings. The van der Waals surface area contributed by atoms with Crippen LogP contribution >= 0.6 is 22.7 Å². The fourth-order valence-corrected chi connectivity index (χ4v) is 5.57. The van der Waals surface area contributed by atoms with Gasteiger partial charge in [0.25, 0.3) is 5.56 Å². The Hall–Kier alpha value is -3.43. The van der Waals surface area contributed by atoms with Crippen molar-refractivity contribution < 1.29 is 19.0 Å². The molecule has 2 aromatic heterocycles. The highest BCUT2D eigenvalue weighted by atomic mass is 32.1. The monoisotopic (exact) mass is 510 g/mol. The zero-order chi connectivity index (χ0) is 25.1. The standard InChI is InChI=1S/C26H26N2O5S2/c1-6-11-32-19-10-9-17(13-20(19)31-5)23-22(25(30)33-15(2)3)16(4)27-26-28(23)24(29)21(35-26)14-18-8-7-12-34-18/h6-10,12-15,23H,1,11H2,2-5H3. The number of benzene rings is 1. The average molecular weight is 511 g/mol. The minimum Gasteiger partial charge on any atom is -0.493 e. The molecule has 9 heteroatoms. The Labute approximate surface area is 210 Å². The number of ether oxygens (including phenoxy) is 3. The van der Waals surface area contributed by atoms with Gasteiger partial charge in [-0.15, -0.1) is 11.3 Å². The van der Waals surface area contributed by atoms with Gasteiger partial charge in [-0.2, -0.15) is 0 Å². The number of carbonyl (C=O) groups is 1. The summed E-state index contributed by atoms with van der Waals surface area (Å²) in [7, 11) is 1.54. The van der Waals surface area contributed by atoms with E-state index in [2.05, 4.69) is 11.6 Å². The number of fused-ring (bicyclic) bond motifs is 1. The summed E-state index contributed by atoms with van der Waals surface area (Å²) < 4.78 is 18.9. The van der Waals surface area contributed by atoms with E-state index < -0.39 is 12.0 Å². The van der Waals surface area contributed by atoms with Crippen molar-refractivity contribution in [3.05, 3.63) is 89.8 Å². The van der Waals surface area contributed by atoms with E-state index in [0.29, 0.717) is 44.3 Å². The molecule has 0 amide bonds. The zero-order valence-electron chi connectivity index (χ0n) is 19.9. The second-order valence-electron chi connectivity index (χ2n) is 8.06. The molecule has 7 nitrogen and oxygen atoms in total. The van der Waals surface area contributed by atoms with E-state index in [4.69, 9.17) is 14.2 Å². The first-order valence-electron chi connectivity index (χ1n) is 11.0. The molecule has 0 saturated carbocycles. The number of hydrogen-bond acceptors (Lipinski definition) is 8. The number of nitrogens with zero attached hydrogens (tertiary/aromatic N) is 2. The van der Waals surface area contributed by atoms with E-state index in [1.54, 1.807) is 62.0 Å². The third-order valence-electron chi connectivity index (χ3n) is 5.26. The second kappa shape index (κ2) is 10.5. The predicted molar refractivity (Wildman–Crippen MR) is 138 cm³/mol. The van der Waals surface area contributed by atoms with Crippen molar-refractivity contribution in [1.82, 2.24) is 4.57 Å². The Morgan fingerprint density at radius 3 is 2.74 bits per heavy atom. The van der Waals surface area contributed by atoms with Crippen LogP contribution in [0, 0.1) is 0 Å². The van der Waals surface area contributed by atoms with Gasteiger partial charge < -0.3 is 14.2 Å². The summed E-state index contributed by atoms with van der Waals surface area (Å²) >= 11 is 2.84. The van der Waals surface area contributed by atoms with E-state index in [1.807, 2.05) is 29.7 Å². The Balaban J connectivity index is 1.93. The molecule has 35 heavy (non-hydrogen) atoms. The highest BCUT2D eigenvalue weighted by Gasteiger charge is 2.34. The number of methoxy groups -OCH3 is 1. The summed E-state index contributed by atoms with van der Waals surface area (Å²) in [5, 5.41) is 1.96. The smallest absolute Gasteiger partial charge is 0.338 e. The van der Waals surface area contributed by atoms with Crippen LogP contribution in [0.2, 0.25) is 0 Å². The molecule has 3 heterocycles. The summed E-state index contributed by atoms with van der Waals surface area (Å²) in [5.41, 5.74) is 1.29. The van der Waals surface area contributed by atoms with Gasteiger partial charge in [0, 0.05) is 4.88 Å². The van der Waals surface area contributed by atoms with Gasteiger partial charge in [0.15, 0.2) is 16.3 Å². The maximum atomic E-state index is 13.6. The third-order valence-corrected chi connectivity index (χ3v) is 7.06. The molecule has 1 atom stereocenters. The number of carbonyl (C=O) groups excluding carboxylic acids is 1. The molecule has 0 radical (unpaired) electrons. The van der Waals surface area contributed by atoms with Crippen LogP contribution in [-0.2, 0) is 9.53 Å². The number of rotatable bonds is 8. The van der Waals surface area contributed by atoms with E-state index in [1.165, 1.54) is 11.3 Å². The molecular weight excluding hydrogens is 484 g/mol. The van der Waals surface area contributed by atoms with Crippen molar-refractivity contribution in [1.29, 1.82) is 0 Å². The molecule has 1 aromatic carbocycles. The normalized spacial score (nSPS) is 15.6. The molecule has 4 rings (SSSR count). The summed E-state index contributed by atoms with van der Waals surface area (Å²) in [6.45, 7) is 9.33. The number of allylic oxidation sites excluding steroid dienone is 1. The molecule has 0 aliphatic carbocycles. The van der Waals surface area contributed by atoms with Gasteiger partial charge in [-0.05, 0) is 56.0 Å². The fraction of sp³-hybridized carbons (Fsp3) is 0.269. The molecule has 1 unspecified atom stereocenters. The van der Waals surface area contributed by atoms with Crippen molar-refractivity contribution in [2.45, 2.75) is 32.9 Å². The van der Waals surface area contributed by atoms with Gasteiger partial charge in [-0.1, -0.05) is 36.1 Å². The maximum Gasteiger partial charge on any atom is 0.338 e. The summed E-state index contributed by atoms with van der Waals surface area (Å²) in [4.78, 5) is 33.0. The molecule has 0 bridgehead atoms. The zero-order valence-corrected chi connectivity index (χ0v) is 21.6. The number of hydrogen-bond donors (Lipinski definition) is 0. The maximum absolute atomic E-state index is 13.6. The first-order chi connectivity index (χ1) is 16.8. The lowest BCUT2D eigenvalue weighted by molar-refractivity contribution is -0.143. The molecule has 1 aliphatic rings. The van der Waals surface area contributed by atoms with Crippen LogP contribution in [0.4, 0.5) is 0 Å². The number of thiophene rings is 1. The lowest BCUT2D eigenvalue weighted by Gasteiger charge is -2.26. The van der Waals surface area contributed by atoms with Crippen LogP contribution < -0.4 is 24.4 Å². The van der Waals surface area contributed by atoms with Crippen LogP contribution in [0.15, 0.2) is 69.4 Å². The number of aromatic nitrogens is 1. The average Bonchev–Trinajstić information content (AvgIpc) is 3.44. The van der Waals surface area contributed by atoms with Gasteiger partial charge in [0.05, 0.1) is 35.1 Å². The van der Waals surface area contributed by atoms with E-state index in [0.717, 1.165) is 4.88 Å². The van der Waals surface area contributed by atoms with Gasteiger partial charge in [0.2, 0.25) is 0 Å². The fourth-order valence-electron chi connectivity index (χ4n) is 3.80. The van der Waals surface area contributed by atoms with Gasteiger partial charge in [0.1, 0.15) is 6.61 Å². The van der Waals surface area contributed by atoms with Crippen molar-refractivity contribution in [3.8, 4) is 11.5 Å². The van der Waals surface area contributed by atoms with Crippen LogP contribution in [0.25, 0.3) is 6.08 Å². The highest BCUT2D eigenvalue weighted by Crippen LogP contribution is 2.36. The van der Waals surface area contributed by atoms with E-state index in [-0.39, 0.29) is 11.7 Å². The lowest BCUT2D eigenvalue weighted by atomic mass is 9.95. The molecule has 0 fully saturated rings. The molecule has 1 aliphatic heterocycles. The van der Waals surface area contributed by atoms with Crippen molar-refractivity contribution >= 4 is 34.7 Å². The third kappa shape index (κ3) is 5.01. The molecule has 182 valence electrons. The minimum absolute atomic E-state index is 0.222. The topological polar surface area (TPSA) is 79.1 Å². The first-order valence-corrected chi connectivity index (χ1v) is 12.7. The Morgan fingerprint density at radius 2 is 2.09 bits per heavy atom. The Bertz CT molecular complexity index is 1460. The van der Waals surface area contributed by atoms with Gasteiger partial charge in [-0.25, -0.2) is 9.79 Å². The summed E-state index contributed by atoms with van der Waals surface area (Å²) in [6.07, 6.45) is 3.17. The van der Waals surface area contributed by atoms with Crippen LogP contribution in [0.3, 0.4) is 0 Å². The van der Waals surface area contributed by atoms with Crippen LogP contribution in [-0.4, -0.2) is 30.4 Å². The second-order valence-corrected chi connectivity index (χ2v) is 10.0. The molecular formula is C26H26N2O5S2. The quantitative estimate of drug-likeness (QED) is 0.340. The predicted octanol–water partition coefficient (Wildman–Crippen LogP) is 3.82. The van der Waals surface area contributed by atoms with Crippen LogP contribution in [0.5, 0.6) is 11.5 Å². The minimum atomic E-state index is -0.731. The highest BCUT2D eigenvalue weighted by molar-refractivity contribution is 7.11. The van der Waals surface area contributed by atoms with Gasteiger partial charge in [-0.3, -0.25) is 9.36 Å². The largest absolute Gasteiger partial charge is 0.493 e. The van der Waals surface area contributed by atoms with Gasteiger partial charge >= 0.3 is 5.97 Å². The van der Waals surface area contributed by atoms with E-state index in [9.17, 15) is 9.59 Å². The Kier molecular flexibility index (Phi) is 7.37. The summed E-state index contributed by atoms with van der Waals surface area (Å²) in [6, 6.07) is 8.52. The molecule has 0 saturated heterocycles. The first kappa shape index (κ1) is 24.7. The van der Waals surface area contributed by atoms with Crippen molar-refractivity contribution in [3.63, 3.8) is 0 Å². The van der Waals surface area contributed by atoms with Crippen molar-refractivity contribution in [2.75, 3.05) is 13.7 Å². The van der Waals surface area contributed by atoms with Crippen LogP contribution in [0.1, 0.15) is 37.3 Å². The lowest BCUT2D eigenvalue weighted by Crippen LogP contribution is -2.40. The van der Waals surface area contributed by atoms with Crippen molar-refractivity contribution in [2.24, 2.45) is 4.99 Å². The Morgan fingerprint density at radius 1 is 1.29 bits per heavy atom. The number of esters is 1.